The lowest BCUT2D eigenvalue weighted by molar-refractivity contribution is 0.0363. The van der Waals surface area contributed by atoms with E-state index in [0.717, 1.165) is 37.1 Å². The average Bonchev–Trinajstić information content (AvgIpc) is 3.20. The fourth-order valence-electron chi connectivity index (χ4n) is 4.38. The number of aliphatic hydroxyl groups is 1. The van der Waals surface area contributed by atoms with Crippen LogP contribution < -0.4 is 0 Å². The molecule has 132 valence electrons. The molecule has 4 rings (SSSR count). The number of hydrogen-bond donors (Lipinski definition) is 1. The molecular weight excluding hydrogens is 332 g/mol. The number of amides is 1. The number of thiazole rings is 1. The van der Waals surface area contributed by atoms with Crippen molar-refractivity contribution in [1.29, 1.82) is 0 Å². The number of fused-ring (bicyclic) bond motifs is 2. The predicted octanol–water partition coefficient (Wildman–Crippen LogP) is 3.19. The van der Waals surface area contributed by atoms with Crippen LogP contribution in [0.1, 0.15) is 52.8 Å². The van der Waals surface area contributed by atoms with Gasteiger partial charge in [-0.2, -0.15) is 0 Å². The highest BCUT2D eigenvalue weighted by Gasteiger charge is 2.48. The van der Waals surface area contributed by atoms with Gasteiger partial charge in [0.1, 0.15) is 5.69 Å². The molecule has 25 heavy (non-hydrogen) atoms. The molecule has 1 aromatic carbocycles. The first kappa shape index (κ1) is 16.7. The Balaban J connectivity index is 1.49. The highest BCUT2D eigenvalue weighted by Crippen LogP contribution is 2.46. The third-order valence-corrected chi connectivity index (χ3v) is 6.69. The van der Waals surface area contributed by atoms with E-state index >= 15 is 0 Å². The van der Waals surface area contributed by atoms with Gasteiger partial charge in [-0.1, -0.05) is 31.2 Å². The normalized spacial score (nSPS) is 21.5. The van der Waals surface area contributed by atoms with Crippen LogP contribution >= 0.6 is 11.3 Å². The number of aliphatic hydroxyl groups excluding tert-OH is 1. The van der Waals surface area contributed by atoms with Crippen LogP contribution in [0.5, 0.6) is 0 Å². The Labute approximate surface area is 152 Å². The smallest absolute Gasteiger partial charge is 0.273 e. The first-order valence-corrected chi connectivity index (χ1v) is 10.0. The molecule has 1 N–H and O–H groups in total. The van der Waals surface area contributed by atoms with Crippen LogP contribution in [-0.2, 0) is 18.3 Å². The largest absolute Gasteiger partial charge is 0.392 e. The van der Waals surface area contributed by atoms with Crippen LogP contribution in [0, 0.1) is 0 Å². The minimum atomic E-state index is -0.336. The molecule has 1 aromatic heterocycles. The van der Waals surface area contributed by atoms with Crippen LogP contribution in [0.15, 0.2) is 29.6 Å². The number of carbonyl (C=O) groups is 1. The van der Waals surface area contributed by atoms with E-state index in [4.69, 9.17) is 0 Å². The maximum absolute atomic E-state index is 12.8. The van der Waals surface area contributed by atoms with Crippen molar-refractivity contribution in [2.45, 2.75) is 50.5 Å². The molecule has 1 fully saturated rings. The Hall–Kier alpha value is -1.72. The fraction of sp³-hybridized carbons (Fsp3) is 0.500. The van der Waals surface area contributed by atoms with E-state index in [2.05, 4.69) is 30.1 Å². The van der Waals surface area contributed by atoms with Gasteiger partial charge in [0.15, 0.2) is 0 Å². The number of hydrogen-bond acceptors (Lipinski definition) is 4. The van der Waals surface area contributed by atoms with Crippen molar-refractivity contribution in [3.05, 3.63) is 51.5 Å². The van der Waals surface area contributed by atoms with E-state index < -0.39 is 0 Å². The predicted molar refractivity (Wildman–Crippen MR) is 99.1 cm³/mol. The summed E-state index contributed by atoms with van der Waals surface area (Å²) in [4.78, 5) is 19.2. The molecule has 1 amide bonds. The van der Waals surface area contributed by atoms with Crippen LogP contribution in [-0.4, -0.2) is 40.1 Å². The second-order valence-corrected chi connectivity index (χ2v) is 8.14. The molecular formula is C20H24N2O2S. The summed E-state index contributed by atoms with van der Waals surface area (Å²) in [5.41, 5.74) is 2.95. The number of nitrogens with zero attached hydrogens (tertiary/aromatic N) is 2. The minimum Gasteiger partial charge on any atom is -0.392 e. The summed E-state index contributed by atoms with van der Waals surface area (Å²) in [6.45, 7) is 3.49. The van der Waals surface area contributed by atoms with Crippen molar-refractivity contribution in [2.24, 2.45) is 0 Å². The molecule has 5 heteroatoms. The summed E-state index contributed by atoms with van der Waals surface area (Å²) < 4.78 is 0. The summed E-state index contributed by atoms with van der Waals surface area (Å²) >= 11 is 1.58. The zero-order valence-corrected chi connectivity index (χ0v) is 15.4. The molecule has 1 atom stereocenters. The lowest BCUT2D eigenvalue weighted by Gasteiger charge is -2.42. The molecule has 2 heterocycles. The molecule has 1 spiro atoms. The molecule has 2 aromatic rings. The lowest BCUT2D eigenvalue weighted by Crippen LogP contribution is -2.49. The summed E-state index contributed by atoms with van der Waals surface area (Å²) in [7, 11) is 0. The molecule has 1 saturated heterocycles. The Bertz CT molecular complexity index is 778. The van der Waals surface area contributed by atoms with Crippen LogP contribution in [0.25, 0.3) is 0 Å². The van der Waals surface area contributed by atoms with Gasteiger partial charge in [-0.25, -0.2) is 4.98 Å². The van der Waals surface area contributed by atoms with Gasteiger partial charge < -0.3 is 10.0 Å². The first-order chi connectivity index (χ1) is 12.1. The number of benzene rings is 1. The number of aryl methyl sites for hydroxylation is 1. The van der Waals surface area contributed by atoms with Gasteiger partial charge in [0.2, 0.25) is 0 Å². The van der Waals surface area contributed by atoms with E-state index in [1.807, 2.05) is 16.3 Å². The molecule has 1 aliphatic heterocycles. The zero-order valence-electron chi connectivity index (χ0n) is 14.6. The molecule has 4 nitrogen and oxygen atoms in total. The Kier molecular flexibility index (Phi) is 4.38. The van der Waals surface area contributed by atoms with Gasteiger partial charge in [-0.3, -0.25) is 4.79 Å². The second-order valence-electron chi connectivity index (χ2n) is 7.20. The third-order valence-electron chi connectivity index (χ3n) is 5.78. The quantitative estimate of drug-likeness (QED) is 0.919. The van der Waals surface area contributed by atoms with E-state index in [9.17, 15) is 9.90 Å². The van der Waals surface area contributed by atoms with E-state index in [1.165, 1.54) is 11.1 Å². The third kappa shape index (κ3) is 2.79. The van der Waals surface area contributed by atoms with Crippen LogP contribution in [0.4, 0.5) is 0 Å². The first-order valence-electron chi connectivity index (χ1n) is 9.14. The zero-order chi connectivity index (χ0) is 17.4. The maximum Gasteiger partial charge on any atom is 0.273 e. The summed E-state index contributed by atoms with van der Waals surface area (Å²) in [5.74, 6) is 0.0363. The second kappa shape index (κ2) is 6.54. The molecule has 1 unspecified atom stereocenters. The SMILES string of the molecule is CCCc1nc(C(=O)N2CCC3(CC2)c2ccccc2CC3O)cs1. The number of aromatic nitrogens is 1. The minimum absolute atomic E-state index is 0.0363. The average molecular weight is 356 g/mol. The summed E-state index contributed by atoms with van der Waals surface area (Å²) in [5, 5.41) is 13.6. The highest BCUT2D eigenvalue weighted by molar-refractivity contribution is 7.09. The topological polar surface area (TPSA) is 53.4 Å². The monoisotopic (exact) mass is 356 g/mol. The van der Waals surface area contributed by atoms with Crippen molar-refractivity contribution in [2.75, 3.05) is 13.1 Å². The van der Waals surface area contributed by atoms with E-state index in [0.29, 0.717) is 18.8 Å². The Morgan fingerprint density at radius 3 is 2.88 bits per heavy atom. The molecule has 0 radical (unpaired) electrons. The number of rotatable bonds is 3. The van der Waals surface area contributed by atoms with Crippen LogP contribution in [0.3, 0.4) is 0 Å². The molecule has 0 saturated carbocycles. The van der Waals surface area contributed by atoms with Crippen LogP contribution in [0.2, 0.25) is 0 Å². The van der Waals surface area contributed by atoms with Crippen molar-refractivity contribution >= 4 is 17.2 Å². The van der Waals surface area contributed by atoms with Gasteiger partial charge in [0, 0.05) is 23.9 Å². The summed E-state index contributed by atoms with van der Waals surface area (Å²) in [6.07, 6.45) is 4.02. The van der Waals surface area contributed by atoms with Crippen molar-refractivity contribution in [1.82, 2.24) is 9.88 Å². The van der Waals surface area contributed by atoms with Crippen molar-refractivity contribution in [3.63, 3.8) is 0 Å². The fourth-order valence-corrected chi connectivity index (χ4v) is 5.25. The molecule has 2 aliphatic rings. The van der Waals surface area contributed by atoms with Crippen molar-refractivity contribution in [3.8, 4) is 0 Å². The standard InChI is InChI=1S/C20H24N2O2S/c1-2-5-18-21-16(13-25-18)19(24)22-10-8-20(9-11-22)15-7-4-3-6-14(15)12-17(20)23/h3-4,6-7,13,17,23H,2,5,8-12H2,1H3. The number of likely N-dealkylation sites (tertiary alicyclic amines) is 1. The van der Waals surface area contributed by atoms with Crippen molar-refractivity contribution < 1.29 is 9.90 Å². The Morgan fingerprint density at radius 1 is 1.36 bits per heavy atom. The number of carbonyl (C=O) groups excluding carboxylic acids is 1. The maximum atomic E-state index is 12.8. The molecule has 1 aliphatic carbocycles. The van der Waals surface area contributed by atoms with Gasteiger partial charge in [0.05, 0.1) is 11.1 Å². The summed E-state index contributed by atoms with van der Waals surface area (Å²) in [6, 6.07) is 8.37. The van der Waals surface area contributed by atoms with Gasteiger partial charge in [-0.05, 0) is 43.2 Å². The molecule has 0 bridgehead atoms. The lowest BCUT2D eigenvalue weighted by atomic mass is 9.72. The van der Waals surface area contributed by atoms with Gasteiger partial charge in [0.25, 0.3) is 5.91 Å². The highest BCUT2D eigenvalue weighted by atomic mass is 32.1. The van der Waals surface area contributed by atoms with E-state index in [-0.39, 0.29) is 17.4 Å². The van der Waals surface area contributed by atoms with Gasteiger partial charge in [-0.15, -0.1) is 11.3 Å². The Morgan fingerprint density at radius 2 is 2.12 bits per heavy atom. The van der Waals surface area contributed by atoms with E-state index in [1.54, 1.807) is 11.3 Å². The van der Waals surface area contributed by atoms with Gasteiger partial charge >= 0.3 is 0 Å². The number of piperidine rings is 1.